The summed E-state index contributed by atoms with van der Waals surface area (Å²) >= 11 is 0. The summed E-state index contributed by atoms with van der Waals surface area (Å²) < 4.78 is 5.43. The maximum Gasteiger partial charge on any atom is 0.330 e. The molecule has 0 bridgehead atoms. The van der Waals surface area contributed by atoms with Crippen LogP contribution in [-0.4, -0.2) is 36.0 Å². The average Bonchev–Trinajstić information content (AvgIpc) is 2.70. The molecule has 0 radical (unpaired) electrons. The Morgan fingerprint density at radius 2 is 1.71 bits per heavy atom. The molecular weight excluding hydrogens is 360 g/mol. The van der Waals surface area contributed by atoms with Crippen molar-refractivity contribution in [2.75, 3.05) is 13.2 Å². The molecule has 0 aromatic heterocycles. The second kappa shape index (κ2) is 10.7. The second-order valence-electron chi connectivity index (χ2n) is 6.04. The number of aliphatic carboxylic acids is 1. The number of para-hydroxylation sites is 1. The van der Waals surface area contributed by atoms with Gasteiger partial charge in [0.15, 0.2) is 6.04 Å². The Balaban J connectivity index is 1.81. The molecule has 7 heteroatoms. The zero-order valence-electron chi connectivity index (χ0n) is 15.7. The van der Waals surface area contributed by atoms with E-state index in [0.29, 0.717) is 29.9 Å². The van der Waals surface area contributed by atoms with Crippen molar-refractivity contribution in [3.05, 3.63) is 65.7 Å². The van der Waals surface area contributed by atoms with Crippen LogP contribution in [0.2, 0.25) is 0 Å². The quantitative estimate of drug-likeness (QED) is 0.546. The van der Waals surface area contributed by atoms with Crippen molar-refractivity contribution in [1.82, 2.24) is 10.6 Å². The third-order valence-corrected chi connectivity index (χ3v) is 3.98. The Hall–Kier alpha value is -3.35. The fraction of sp³-hybridized carbons (Fsp3) is 0.286. The predicted octanol–water partition coefficient (Wildman–Crippen LogP) is 2.54. The molecule has 0 aliphatic rings. The molecular formula is C21H24N2O5. The van der Waals surface area contributed by atoms with E-state index in [1.807, 2.05) is 6.92 Å². The number of ether oxygens (including phenoxy) is 1. The van der Waals surface area contributed by atoms with Crippen LogP contribution < -0.4 is 15.4 Å². The molecule has 2 aromatic carbocycles. The van der Waals surface area contributed by atoms with Crippen LogP contribution in [0.3, 0.4) is 0 Å². The summed E-state index contributed by atoms with van der Waals surface area (Å²) in [7, 11) is 0. The van der Waals surface area contributed by atoms with Crippen molar-refractivity contribution in [2.24, 2.45) is 0 Å². The lowest BCUT2D eigenvalue weighted by Gasteiger charge is -2.15. The van der Waals surface area contributed by atoms with Crippen LogP contribution in [0.1, 0.15) is 41.7 Å². The Morgan fingerprint density at radius 1 is 1.04 bits per heavy atom. The lowest BCUT2D eigenvalue weighted by molar-refractivity contribution is -0.142. The molecule has 2 amide bonds. The summed E-state index contributed by atoms with van der Waals surface area (Å²) in [5.74, 6) is -1.29. The fourth-order valence-electron chi connectivity index (χ4n) is 2.65. The number of hydrogen-bond donors (Lipinski definition) is 3. The number of nitrogens with one attached hydrogen (secondary N) is 2. The van der Waals surface area contributed by atoms with Gasteiger partial charge in [0.1, 0.15) is 5.75 Å². The summed E-state index contributed by atoms with van der Waals surface area (Å²) in [6.07, 6.45) is 0.486. The molecule has 148 valence electrons. The topological polar surface area (TPSA) is 105 Å². The van der Waals surface area contributed by atoms with Crippen molar-refractivity contribution in [2.45, 2.75) is 25.8 Å². The maximum absolute atomic E-state index is 12.3. The molecule has 3 N–H and O–H groups in total. The predicted molar refractivity (Wildman–Crippen MR) is 104 cm³/mol. The van der Waals surface area contributed by atoms with E-state index in [1.54, 1.807) is 54.6 Å². The van der Waals surface area contributed by atoms with Gasteiger partial charge in [0.25, 0.3) is 5.91 Å². The molecule has 0 aliphatic heterocycles. The number of amides is 2. The molecule has 0 aliphatic carbocycles. The van der Waals surface area contributed by atoms with Gasteiger partial charge >= 0.3 is 5.97 Å². The van der Waals surface area contributed by atoms with Crippen molar-refractivity contribution >= 4 is 17.8 Å². The van der Waals surface area contributed by atoms with Crippen molar-refractivity contribution in [3.63, 3.8) is 0 Å². The lowest BCUT2D eigenvalue weighted by atomic mass is 10.1. The first-order valence-electron chi connectivity index (χ1n) is 9.10. The van der Waals surface area contributed by atoms with Crippen LogP contribution in [0, 0.1) is 0 Å². The number of carboxylic acid groups (broad SMARTS) is 1. The molecule has 0 spiro atoms. The van der Waals surface area contributed by atoms with Gasteiger partial charge in [-0.05, 0) is 31.0 Å². The summed E-state index contributed by atoms with van der Waals surface area (Å²) in [6.45, 7) is 2.58. The lowest BCUT2D eigenvalue weighted by Crippen LogP contribution is -2.34. The minimum Gasteiger partial charge on any atom is -0.493 e. The molecule has 0 heterocycles. The molecule has 0 fully saturated rings. The van der Waals surface area contributed by atoms with E-state index in [2.05, 4.69) is 10.6 Å². The average molecular weight is 384 g/mol. The zero-order valence-corrected chi connectivity index (χ0v) is 15.7. The normalized spacial score (nSPS) is 11.3. The Bertz CT molecular complexity index is 807. The summed E-state index contributed by atoms with van der Waals surface area (Å²) in [5, 5.41) is 14.6. The Labute approximate surface area is 163 Å². The van der Waals surface area contributed by atoms with Gasteiger partial charge in [0.2, 0.25) is 5.91 Å². The molecule has 2 rings (SSSR count). The first-order chi connectivity index (χ1) is 13.5. The van der Waals surface area contributed by atoms with Gasteiger partial charge in [-0.25, -0.2) is 4.79 Å². The first-order valence-corrected chi connectivity index (χ1v) is 9.10. The van der Waals surface area contributed by atoms with E-state index in [4.69, 9.17) is 4.74 Å². The third-order valence-electron chi connectivity index (χ3n) is 3.98. The monoisotopic (exact) mass is 384 g/mol. The zero-order chi connectivity index (χ0) is 20.4. The number of carboxylic acids is 1. The smallest absolute Gasteiger partial charge is 0.330 e. The number of hydrogen-bond acceptors (Lipinski definition) is 4. The van der Waals surface area contributed by atoms with Gasteiger partial charge in [-0.15, -0.1) is 0 Å². The van der Waals surface area contributed by atoms with Gasteiger partial charge in [0.05, 0.1) is 12.2 Å². The molecule has 0 saturated heterocycles. The van der Waals surface area contributed by atoms with Crippen LogP contribution in [0.15, 0.2) is 54.6 Å². The van der Waals surface area contributed by atoms with Crippen LogP contribution in [0.25, 0.3) is 0 Å². The van der Waals surface area contributed by atoms with Crippen LogP contribution in [-0.2, 0) is 9.59 Å². The van der Waals surface area contributed by atoms with E-state index < -0.39 is 12.0 Å². The summed E-state index contributed by atoms with van der Waals surface area (Å²) in [5.41, 5.74) is 0.938. The van der Waals surface area contributed by atoms with Crippen molar-refractivity contribution in [1.29, 1.82) is 0 Å². The van der Waals surface area contributed by atoms with Crippen molar-refractivity contribution in [3.8, 4) is 5.75 Å². The second-order valence-corrected chi connectivity index (χ2v) is 6.04. The highest BCUT2D eigenvalue weighted by molar-refractivity contribution is 5.96. The highest BCUT2D eigenvalue weighted by Gasteiger charge is 2.21. The SMILES string of the molecule is CCOc1ccccc1C(=O)NCCCC(=O)N[C@@H](C(=O)O)c1ccccc1. The van der Waals surface area contributed by atoms with Gasteiger partial charge in [0, 0.05) is 13.0 Å². The van der Waals surface area contributed by atoms with Gasteiger partial charge in [-0.1, -0.05) is 42.5 Å². The van der Waals surface area contributed by atoms with E-state index in [0.717, 1.165) is 0 Å². The minimum absolute atomic E-state index is 0.101. The van der Waals surface area contributed by atoms with E-state index in [-0.39, 0.29) is 24.8 Å². The van der Waals surface area contributed by atoms with Crippen LogP contribution in [0.4, 0.5) is 0 Å². The van der Waals surface area contributed by atoms with E-state index in [9.17, 15) is 19.5 Å². The van der Waals surface area contributed by atoms with E-state index in [1.165, 1.54) is 0 Å². The van der Waals surface area contributed by atoms with Gasteiger partial charge < -0.3 is 20.5 Å². The molecule has 1 atom stereocenters. The van der Waals surface area contributed by atoms with Gasteiger partial charge in [-0.3, -0.25) is 9.59 Å². The van der Waals surface area contributed by atoms with Gasteiger partial charge in [-0.2, -0.15) is 0 Å². The van der Waals surface area contributed by atoms with Crippen molar-refractivity contribution < 1.29 is 24.2 Å². The Kier molecular flexibility index (Phi) is 8.02. The van der Waals surface area contributed by atoms with E-state index >= 15 is 0 Å². The first kappa shape index (κ1) is 21.0. The van der Waals surface area contributed by atoms with Crippen LogP contribution >= 0.6 is 0 Å². The molecule has 0 saturated carbocycles. The molecule has 28 heavy (non-hydrogen) atoms. The minimum atomic E-state index is -1.12. The number of carbonyl (C=O) groups is 3. The molecule has 0 unspecified atom stereocenters. The molecule has 7 nitrogen and oxygen atoms in total. The fourth-order valence-corrected chi connectivity index (χ4v) is 2.65. The standard InChI is InChI=1S/C21H24N2O5/c1-2-28-17-12-7-6-11-16(17)20(25)22-14-8-13-18(24)23-19(21(26)27)15-9-4-3-5-10-15/h3-7,9-12,19H,2,8,13-14H2,1H3,(H,22,25)(H,23,24)(H,26,27)/t19-/m1/s1. The maximum atomic E-state index is 12.3. The third kappa shape index (κ3) is 6.12. The highest BCUT2D eigenvalue weighted by atomic mass is 16.5. The summed E-state index contributed by atoms with van der Waals surface area (Å²) in [4.78, 5) is 35.8. The number of benzene rings is 2. The number of rotatable bonds is 10. The largest absolute Gasteiger partial charge is 0.493 e. The molecule has 2 aromatic rings. The Morgan fingerprint density at radius 3 is 2.39 bits per heavy atom. The highest BCUT2D eigenvalue weighted by Crippen LogP contribution is 2.17. The summed E-state index contributed by atoms with van der Waals surface area (Å²) in [6, 6.07) is 14.3. The van der Waals surface area contributed by atoms with Crippen LogP contribution in [0.5, 0.6) is 5.75 Å². The number of carbonyl (C=O) groups excluding carboxylic acids is 2.